The summed E-state index contributed by atoms with van der Waals surface area (Å²) in [6, 6.07) is 1.72. The topological polar surface area (TPSA) is 62.3 Å². The van der Waals surface area contributed by atoms with E-state index in [0.717, 1.165) is 19.3 Å². The van der Waals surface area contributed by atoms with E-state index in [2.05, 4.69) is 17.2 Å². The molecule has 1 unspecified atom stereocenters. The lowest BCUT2D eigenvalue weighted by Gasteiger charge is -2.21. The van der Waals surface area contributed by atoms with Gasteiger partial charge in [0.05, 0.1) is 5.69 Å². The lowest BCUT2D eigenvalue weighted by molar-refractivity contribution is 0.417. The molecule has 1 aliphatic heterocycles. The van der Waals surface area contributed by atoms with Crippen LogP contribution in [0.3, 0.4) is 0 Å². The van der Waals surface area contributed by atoms with Crippen molar-refractivity contribution in [2.45, 2.75) is 38.0 Å². The first-order valence-electron chi connectivity index (χ1n) is 7.23. The molecule has 0 bridgehead atoms. The monoisotopic (exact) mass is 297 g/mol. The Hall–Kier alpha value is -1.14. The largest absolute Gasteiger partial charge is 0.384 e. The molecule has 1 saturated heterocycles. The van der Waals surface area contributed by atoms with Crippen LogP contribution in [0.5, 0.6) is 0 Å². The zero-order chi connectivity index (χ0) is 14.6. The zero-order valence-corrected chi connectivity index (χ0v) is 13.0. The molecule has 0 spiro atoms. The van der Waals surface area contributed by atoms with Gasteiger partial charge in [-0.3, -0.25) is 4.98 Å². The van der Waals surface area contributed by atoms with Crippen LogP contribution in [-0.4, -0.2) is 37.3 Å². The van der Waals surface area contributed by atoms with Gasteiger partial charge in [-0.15, -0.1) is 0 Å². The molecule has 0 radical (unpaired) electrons. The number of hydrogen-bond donors (Lipinski definition) is 1. The van der Waals surface area contributed by atoms with Crippen LogP contribution in [0.2, 0.25) is 0 Å². The number of anilines is 1. The summed E-state index contributed by atoms with van der Waals surface area (Å²) in [5, 5.41) is 3.10. The summed E-state index contributed by atoms with van der Waals surface area (Å²) in [6.07, 6.45) is 6.01. The highest BCUT2D eigenvalue weighted by Crippen LogP contribution is 2.26. The maximum atomic E-state index is 12.8. The van der Waals surface area contributed by atoms with E-state index in [1.54, 1.807) is 16.6 Å². The van der Waals surface area contributed by atoms with Crippen molar-refractivity contribution in [1.29, 1.82) is 0 Å². The Balaban J connectivity index is 2.30. The Bertz CT molecular complexity index is 545. The molecule has 0 amide bonds. The van der Waals surface area contributed by atoms with E-state index < -0.39 is 10.0 Å². The van der Waals surface area contributed by atoms with Crippen molar-refractivity contribution in [2.24, 2.45) is 5.92 Å². The van der Waals surface area contributed by atoms with Gasteiger partial charge >= 0.3 is 0 Å². The number of nitrogens with zero attached hydrogens (tertiary/aromatic N) is 2. The molecule has 1 aromatic rings. The number of pyridine rings is 1. The zero-order valence-electron chi connectivity index (χ0n) is 12.2. The average molecular weight is 297 g/mol. The highest BCUT2D eigenvalue weighted by Gasteiger charge is 2.28. The van der Waals surface area contributed by atoms with E-state index in [-0.39, 0.29) is 4.90 Å². The molecule has 2 rings (SSSR count). The molecule has 0 saturated carbocycles. The number of aromatic nitrogens is 1. The van der Waals surface area contributed by atoms with Gasteiger partial charge in [-0.05, 0) is 38.2 Å². The minimum atomic E-state index is -3.45. The summed E-state index contributed by atoms with van der Waals surface area (Å²) in [7, 11) is -3.45. The third kappa shape index (κ3) is 3.30. The molecular formula is C14H23N3O2S. The molecule has 1 atom stereocenters. The Kier molecular flexibility index (Phi) is 4.99. The third-order valence-corrected chi connectivity index (χ3v) is 5.67. The third-order valence-electron chi connectivity index (χ3n) is 3.75. The van der Waals surface area contributed by atoms with Crippen molar-refractivity contribution in [3.8, 4) is 0 Å². The van der Waals surface area contributed by atoms with Gasteiger partial charge in [0.1, 0.15) is 4.90 Å². The van der Waals surface area contributed by atoms with E-state index >= 15 is 0 Å². The maximum Gasteiger partial charge on any atom is 0.246 e. The minimum Gasteiger partial charge on any atom is -0.384 e. The van der Waals surface area contributed by atoms with Crippen LogP contribution in [0, 0.1) is 5.92 Å². The fourth-order valence-corrected chi connectivity index (χ4v) is 4.14. The maximum absolute atomic E-state index is 12.8. The summed E-state index contributed by atoms with van der Waals surface area (Å²) in [4.78, 5) is 4.27. The van der Waals surface area contributed by atoms with Crippen molar-refractivity contribution in [2.75, 3.05) is 25.0 Å². The normalized spacial score (nSPS) is 21.4. The summed E-state index contributed by atoms with van der Waals surface area (Å²) in [5.41, 5.74) is 0.639. The molecule has 6 heteroatoms. The van der Waals surface area contributed by atoms with Crippen LogP contribution in [0.1, 0.15) is 33.1 Å². The van der Waals surface area contributed by atoms with Gasteiger partial charge < -0.3 is 5.32 Å². The molecule has 1 aliphatic rings. The lowest BCUT2D eigenvalue weighted by Crippen LogP contribution is -2.32. The summed E-state index contributed by atoms with van der Waals surface area (Å²) >= 11 is 0. The van der Waals surface area contributed by atoms with Gasteiger partial charge in [0.15, 0.2) is 0 Å². The van der Waals surface area contributed by atoms with Gasteiger partial charge in [-0.1, -0.05) is 6.92 Å². The first-order valence-corrected chi connectivity index (χ1v) is 8.67. The van der Waals surface area contributed by atoms with Crippen LogP contribution in [-0.2, 0) is 10.0 Å². The molecule has 1 N–H and O–H groups in total. The minimum absolute atomic E-state index is 0.288. The molecule has 2 heterocycles. The molecule has 112 valence electrons. The van der Waals surface area contributed by atoms with E-state index in [9.17, 15) is 8.42 Å². The standard InChI is InChI=1S/C14H23N3O2S/c1-3-16-13-6-8-15-11-14(13)20(18,19)17-9-4-5-12(2)7-10-17/h6,8,11-12H,3-5,7,9-10H2,1-2H3,(H,15,16). The Labute approximate surface area is 121 Å². The van der Waals surface area contributed by atoms with Crippen LogP contribution in [0.4, 0.5) is 5.69 Å². The van der Waals surface area contributed by atoms with Gasteiger partial charge in [0.2, 0.25) is 10.0 Å². The van der Waals surface area contributed by atoms with E-state index in [4.69, 9.17) is 0 Å². The second-order valence-electron chi connectivity index (χ2n) is 5.34. The van der Waals surface area contributed by atoms with Crippen LogP contribution in [0.25, 0.3) is 0 Å². The fraction of sp³-hybridized carbons (Fsp3) is 0.643. The van der Waals surface area contributed by atoms with Crippen LogP contribution in [0.15, 0.2) is 23.4 Å². The van der Waals surface area contributed by atoms with Gasteiger partial charge in [0, 0.05) is 32.0 Å². The quantitative estimate of drug-likeness (QED) is 0.926. The predicted molar refractivity (Wildman–Crippen MR) is 80.2 cm³/mol. The SMILES string of the molecule is CCNc1ccncc1S(=O)(=O)N1CCCC(C)CC1. The molecule has 20 heavy (non-hydrogen) atoms. The summed E-state index contributed by atoms with van der Waals surface area (Å²) < 4.78 is 27.2. The summed E-state index contributed by atoms with van der Waals surface area (Å²) in [6.45, 7) is 6.02. The number of sulfonamides is 1. The van der Waals surface area contributed by atoms with Crippen molar-refractivity contribution in [3.05, 3.63) is 18.5 Å². The fourth-order valence-electron chi connectivity index (χ4n) is 2.54. The lowest BCUT2D eigenvalue weighted by atomic mass is 10.0. The van der Waals surface area contributed by atoms with E-state index in [1.807, 2.05) is 6.92 Å². The highest BCUT2D eigenvalue weighted by molar-refractivity contribution is 7.89. The number of hydrogen-bond acceptors (Lipinski definition) is 4. The molecule has 0 aromatic carbocycles. The Morgan fingerprint density at radius 2 is 2.20 bits per heavy atom. The van der Waals surface area contributed by atoms with Gasteiger partial charge in [0.25, 0.3) is 0 Å². The average Bonchev–Trinajstić information content (AvgIpc) is 2.65. The van der Waals surface area contributed by atoms with E-state index in [1.165, 1.54) is 6.20 Å². The second kappa shape index (κ2) is 6.54. The molecule has 1 fully saturated rings. The Morgan fingerprint density at radius 1 is 1.40 bits per heavy atom. The van der Waals surface area contributed by atoms with Crippen molar-refractivity contribution in [1.82, 2.24) is 9.29 Å². The smallest absolute Gasteiger partial charge is 0.246 e. The number of nitrogens with one attached hydrogen (secondary N) is 1. The Morgan fingerprint density at radius 3 is 2.95 bits per heavy atom. The van der Waals surface area contributed by atoms with Crippen molar-refractivity contribution in [3.63, 3.8) is 0 Å². The van der Waals surface area contributed by atoms with Crippen molar-refractivity contribution >= 4 is 15.7 Å². The van der Waals surface area contributed by atoms with Gasteiger partial charge in [-0.2, -0.15) is 4.31 Å². The molecular weight excluding hydrogens is 274 g/mol. The molecule has 5 nitrogen and oxygen atoms in total. The van der Waals surface area contributed by atoms with Crippen molar-refractivity contribution < 1.29 is 8.42 Å². The predicted octanol–water partition coefficient (Wildman–Crippen LogP) is 2.32. The summed E-state index contributed by atoms with van der Waals surface area (Å²) in [5.74, 6) is 0.595. The second-order valence-corrected chi connectivity index (χ2v) is 7.25. The highest BCUT2D eigenvalue weighted by atomic mass is 32.2. The number of rotatable bonds is 4. The first kappa shape index (κ1) is 15.3. The first-order chi connectivity index (χ1) is 9.55. The van der Waals surface area contributed by atoms with Crippen LogP contribution >= 0.6 is 0 Å². The molecule has 1 aromatic heterocycles. The molecule has 0 aliphatic carbocycles. The van der Waals surface area contributed by atoms with Gasteiger partial charge in [-0.25, -0.2) is 8.42 Å². The van der Waals surface area contributed by atoms with E-state index in [0.29, 0.717) is 31.2 Å². The van der Waals surface area contributed by atoms with Crippen LogP contribution < -0.4 is 5.32 Å².